The Labute approximate surface area is 156 Å². The lowest BCUT2D eigenvalue weighted by molar-refractivity contribution is 1.64. The normalized spacial score (nSPS) is 11.8. The highest BCUT2D eigenvalue weighted by molar-refractivity contribution is 7.32. The van der Waals surface area contributed by atoms with E-state index >= 15 is 0 Å². The monoisotopic (exact) mass is 382 g/mol. The van der Waals surface area contributed by atoms with Crippen LogP contribution >= 0.6 is 45.3 Å². The van der Waals surface area contributed by atoms with E-state index in [0.29, 0.717) is 0 Å². The van der Waals surface area contributed by atoms with Gasteiger partial charge in [0.1, 0.15) is 0 Å². The molecule has 0 N–H and O–H groups in total. The van der Waals surface area contributed by atoms with E-state index in [1.165, 1.54) is 49.4 Å². The predicted molar refractivity (Wildman–Crippen MR) is 113 cm³/mol. The van der Waals surface area contributed by atoms with Crippen molar-refractivity contribution in [2.75, 3.05) is 0 Å². The van der Waals surface area contributed by atoms with Gasteiger partial charge in [-0.2, -0.15) is 0 Å². The van der Waals surface area contributed by atoms with Crippen LogP contribution in [0.1, 0.15) is 9.75 Å². The summed E-state index contributed by atoms with van der Waals surface area (Å²) in [5, 5.41) is 2.73. The summed E-state index contributed by atoms with van der Waals surface area (Å²) in [5.41, 5.74) is 0. The third-order valence-corrected chi connectivity index (χ3v) is 9.00. The number of thiophene rings is 4. The third-order valence-electron chi connectivity index (χ3n) is 4.14. The van der Waals surface area contributed by atoms with E-state index in [1.54, 1.807) is 0 Å². The summed E-state index contributed by atoms with van der Waals surface area (Å²) in [6, 6.07) is 18.2. The van der Waals surface area contributed by atoms with Crippen LogP contribution < -0.4 is 0 Å². The summed E-state index contributed by atoms with van der Waals surface area (Å²) in [4.78, 5) is 8.29. The fourth-order valence-electron chi connectivity index (χ4n) is 2.97. The van der Waals surface area contributed by atoms with Crippen molar-refractivity contribution in [2.45, 2.75) is 13.8 Å². The molecule has 0 saturated carbocycles. The quantitative estimate of drug-likeness (QED) is 0.289. The van der Waals surface area contributed by atoms with E-state index < -0.39 is 0 Å². The topological polar surface area (TPSA) is 0 Å². The van der Waals surface area contributed by atoms with E-state index in [0.717, 1.165) is 0 Å². The van der Waals surface area contributed by atoms with Crippen molar-refractivity contribution in [1.29, 1.82) is 0 Å². The van der Waals surface area contributed by atoms with Crippen LogP contribution in [0.25, 0.3) is 39.7 Å². The molecule has 0 nitrogen and oxygen atoms in total. The molecule has 1 aromatic carbocycles. The van der Waals surface area contributed by atoms with Crippen LogP contribution in [0.2, 0.25) is 0 Å². The van der Waals surface area contributed by atoms with Crippen LogP contribution in [-0.4, -0.2) is 0 Å². The molecule has 118 valence electrons. The maximum atomic E-state index is 2.35. The number of benzene rings is 1. The molecule has 4 aromatic heterocycles. The van der Waals surface area contributed by atoms with Gasteiger partial charge in [0.2, 0.25) is 0 Å². The smallest absolute Gasteiger partial charge is 0.0528 e. The summed E-state index contributed by atoms with van der Waals surface area (Å²) in [7, 11) is 0. The standard InChI is InChI=1S/C20H14S4/c1-11-3-7-15(21-11)17-9-13-5-6-14-10-18(16-8-4-12(2)22-16)24-20(14)19(13)23-17/h3-10H,1-2H3. The van der Waals surface area contributed by atoms with Crippen LogP contribution in [0.5, 0.6) is 0 Å². The number of rotatable bonds is 2. The molecule has 0 aliphatic carbocycles. The fourth-order valence-corrected chi connectivity index (χ4v) is 7.34. The summed E-state index contributed by atoms with van der Waals surface area (Å²) < 4.78 is 2.86. The second-order valence-electron chi connectivity index (χ2n) is 5.94. The molecule has 0 saturated heterocycles. The van der Waals surface area contributed by atoms with Gasteiger partial charge in [-0.05, 0) is 61.0 Å². The number of aryl methyl sites for hydroxylation is 2. The molecule has 5 aromatic rings. The van der Waals surface area contributed by atoms with Gasteiger partial charge in [0.25, 0.3) is 0 Å². The first-order valence-electron chi connectivity index (χ1n) is 7.77. The molecule has 0 spiro atoms. The van der Waals surface area contributed by atoms with Gasteiger partial charge in [-0.3, -0.25) is 0 Å². The van der Waals surface area contributed by atoms with Gasteiger partial charge in [-0.25, -0.2) is 0 Å². The van der Waals surface area contributed by atoms with Crippen molar-refractivity contribution in [2.24, 2.45) is 0 Å². The highest BCUT2D eigenvalue weighted by atomic mass is 32.1. The lowest BCUT2D eigenvalue weighted by Gasteiger charge is -1.90. The molecule has 0 unspecified atom stereocenters. The van der Waals surface area contributed by atoms with Crippen LogP contribution in [0.3, 0.4) is 0 Å². The highest BCUT2D eigenvalue weighted by Crippen LogP contribution is 2.45. The largest absolute Gasteiger partial charge is 0.140 e. The predicted octanol–water partition coefficient (Wildman–Crippen LogP) is 8.19. The summed E-state index contributed by atoms with van der Waals surface area (Å²) in [6.45, 7) is 4.35. The van der Waals surface area contributed by atoms with Crippen molar-refractivity contribution in [3.05, 3.63) is 58.3 Å². The SMILES string of the molecule is Cc1ccc(-c2cc3ccc4cc(-c5ccc(C)s5)sc4c3s2)s1. The molecular formula is C20H14S4. The highest BCUT2D eigenvalue weighted by Gasteiger charge is 2.13. The zero-order chi connectivity index (χ0) is 16.3. The maximum absolute atomic E-state index is 2.35. The molecule has 0 bridgehead atoms. The Kier molecular flexibility index (Phi) is 3.42. The molecule has 0 aliphatic heterocycles. The minimum absolute atomic E-state index is 1.37. The van der Waals surface area contributed by atoms with Crippen molar-refractivity contribution >= 4 is 65.5 Å². The van der Waals surface area contributed by atoms with Crippen molar-refractivity contribution < 1.29 is 0 Å². The van der Waals surface area contributed by atoms with Crippen molar-refractivity contribution in [3.63, 3.8) is 0 Å². The molecule has 0 fully saturated rings. The van der Waals surface area contributed by atoms with Crippen molar-refractivity contribution in [3.8, 4) is 19.5 Å². The van der Waals surface area contributed by atoms with Gasteiger partial charge in [-0.15, -0.1) is 45.3 Å². The molecule has 5 rings (SSSR count). The van der Waals surface area contributed by atoms with E-state index in [4.69, 9.17) is 0 Å². The fraction of sp³-hybridized carbons (Fsp3) is 0.100. The lowest BCUT2D eigenvalue weighted by atomic mass is 10.2. The Morgan fingerprint density at radius 1 is 0.500 bits per heavy atom. The Morgan fingerprint density at radius 2 is 0.958 bits per heavy atom. The molecule has 0 aliphatic rings. The van der Waals surface area contributed by atoms with Crippen LogP contribution in [-0.2, 0) is 0 Å². The van der Waals surface area contributed by atoms with E-state index in [9.17, 15) is 0 Å². The summed E-state index contributed by atoms with van der Waals surface area (Å²) in [5.74, 6) is 0. The summed E-state index contributed by atoms with van der Waals surface area (Å²) in [6.07, 6.45) is 0. The van der Waals surface area contributed by atoms with E-state index in [2.05, 4.69) is 62.4 Å². The van der Waals surface area contributed by atoms with E-state index in [1.807, 2.05) is 45.3 Å². The molecule has 4 heteroatoms. The molecule has 4 heterocycles. The Bertz CT molecular complexity index is 1090. The van der Waals surface area contributed by atoms with Gasteiger partial charge in [0.05, 0.1) is 9.40 Å². The minimum Gasteiger partial charge on any atom is -0.140 e. The first-order chi connectivity index (χ1) is 11.7. The maximum Gasteiger partial charge on any atom is 0.0528 e. The van der Waals surface area contributed by atoms with Gasteiger partial charge in [-0.1, -0.05) is 12.1 Å². The molecule has 24 heavy (non-hydrogen) atoms. The average molecular weight is 383 g/mol. The third kappa shape index (κ3) is 2.37. The van der Waals surface area contributed by atoms with Gasteiger partial charge in [0, 0.05) is 29.3 Å². The van der Waals surface area contributed by atoms with Gasteiger partial charge >= 0.3 is 0 Å². The zero-order valence-corrected chi connectivity index (χ0v) is 16.5. The Morgan fingerprint density at radius 3 is 1.33 bits per heavy atom. The van der Waals surface area contributed by atoms with Crippen LogP contribution in [0, 0.1) is 13.8 Å². The molecule has 0 amide bonds. The van der Waals surface area contributed by atoms with E-state index in [-0.39, 0.29) is 0 Å². The Hall–Kier alpha value is -1.46. The molecule has 0 radical (unpaired) electrons. The van der Waals surface area contributed by atoms with Crippen LogP contribution in [0.15, 0.2) is 48.5 Å². The van der Waals surface area contributed by atoms with Crippen molar-refractivity contribution in [1.82, 2.24) is 0 Å². The zero-order valence-electron chi connectivity index (χ0n) is 13.3. The lowest BCUT2D eigenvalue weighted by Crippen LogP contribution is -1.62. The average Bonchev–Trinajstić information content (AvgIpc) is 3.30. The number of hydrogen-bond acceptors (Lipinski definition) is 4. The second-order valence-corrected chi connectivity index (χ2v) is 10.6. The summed E-state index contributed by atoms with van der Waals surface area (Å²) >= 11 is 7.63. The number of hydrogen-bond donors (Lipinski definition) is 0. The molecule has 0 atom stereocenters. The van der Waals surface area contributed by atoms with Gasteiger partial charge < -0.3 is 0 Å². The molecular weight excluding hydrogens is 368 g/mol. The second kappa shape index (κ2) is 5.53. The number of fused-ring (bicyclic) bond motifs is 3. The van der Waals surface area contributed by atoms with Gasteiger partial charge in [0.15, 0.2) is 0 Å². The first kappa shape index (κ1) is 14.8. The first-order valence-corrected chi connectivity index (χ1v) is 11.0. The minimum atomic E-state index is 1.37. The Balaban J connectivity index is 1.71. The van der Waals surface area contributed by atoms with Crippen LogP contribution in [0.4, 0.5) is 0 Å².